The molecular formula is C14H12N2O3S. The summed E-state index contributed by atoms with van der Waals surface area (Å²) in [5.74, 6) is 0. The van der Waals surface area contributed by atoms with E-state index in [4.69, 9.17) is 4.18 Å². The Morgan fingerprint density at radius 1 is 1.05 bits per heavy atom. The molecular weight excluding hydrogens is 276 g/mol. The molecule has 1 N–H and O–H groups in total. The predicted octanol–water partition coefficient (Wildman–Crippen LogP) is 2.64. The molecule has 3 rings (SSSR count). The fraction of sp³-hybridized carbons (Fsp3) is 0.0714. The van der Waals surface area contributed by atoms with Crippen molar-refractivity contribution in [3.05, 3.63) is 54.1 Å². The second-order valence-corrected chi connectivity index (χ2v) is 5.91. The molecule has 2 aromatic carbocycles. The second kappa shape index (κ2) is 4.64. The van der Waals surface area contributed by atoms with Crippen LogP contribution in [0.5, 0.6) is 6.01 Å². The highest BCUT2D eigenvalue weighted by Crippen LogP contribution is 2.21. The van der Waals surface area contributed by atoms with Crippen LogP contribution < -0.4 is 4.18 Å². The maximum absolute atomic E-state index is 12.1. The summed E-state index contributed by atoms with van der Waals surface area (Å²) >= 11 is 0. The standard InChI is InChI=1S/C14H12N2O3S/c1-10-6-5-9-12-13(10)16-14(15-12)19-20(17,18)11-7-3-2-4-8-11/h2-9H,1H3,(H,15,16). The Bertz CT molecular complexity index is 855. The highest BCUT2D eigenvalue weighted by atomic mass is 32.2. The van der Waals surface area contributed by atoms with Gasteiger partial charge in [0.1, 0.15) is 4.90 Å². The lowest BCUT2D eigenvalue weighted by Crippen LogP contribution is -2.10. The molecule has 0 saturated carbocycles. The first kappa shape index (κ1) is 12.7. The second-order valence-electron chi connectivity index (χ2n) is 4.36. The van der Waals surface area contributed by atoms with Crippen LogP contribution in [0.2, 0.25) is 0 Å². The van der Waals surface area contributed by atoms with Crippen molar-refractivity contribution in [2.75, 3.05) is 0 Å². The lowest BCUT2D eigenvalue weighted by atomic mass is 10.2. The van der Waals surface area contributed by atoms with Gasteiger partial charge in [0.05, 0.1) is 11.0 Å². The van der Waals surface area contributed by atoms with Crippen LogP contribution in [-0.4, -0.2) is 18.4 Å². The molecule has 0 aliphatic heterocycles. The molecule has 0 aliphatic rings. The number of rotatable bonds is 3. The molecule has 0 unspecified atom stereocenters. The summed E-state index contributed by atoms with van der Waals surface area (Å²) in [6, 6.07) is 13.5. The van der Waals surface area contributed by atoms with Crippen LogP contribution >= 0.6 is 0 Å². The lowest BCUT2D eigenvalue weighted by molar-refractivity contribution is 0.468. The number of benzene rings is 2. The smallest absolute Gasteiger partial charge is 0.341 e. The number of H-pyrrole nitrogens is 1. The van der Waals surface area contributed by atoms with E-state index in [0.717, 1.165) is 11.1 Å². The number of aromatic amines is 1. The van der Waals surface area contributed by atoms with Crippen LogP contribution in [0.4, 0.5) is 0 Å². The topological polar surface area (TPSA) is 72.1 Å². The average Bonchev–Trinajstić information content (AvgIpc) is 2.83. The van der Waals surface area contributed by atoms with Gasteiger partial charge in [-0.25, -0.2) is 0 Å². The van der Waals surface area contributed by atoms with Crippen molar-refractivity contribution in [1.29, 1.82) is 0 Å². The molecule has 1 aromatic heterocycles. The molecule has 0 bridgehead atoms. The third-order valence-electron chi connectivity index (χ3n) is 2.91. The molecule has 20 heavy (non-hydrogen) atoms. The minimum absolute atomic E-state index is 0.0295. The number of para-hydroxylation sites is 1. The number of nitrogens with one attached hydrogen (secondary N) is 1. The van der Waals surface area contributed by atoms with Crippen molar-refractivity contribution in [3.8, 4) is 6.01 Å². The van der Waals surface area contributed by atoms with Crippen molar-refractivity contribution < 1.29 is 12.6 Å². The number of imidazole rings is 1. The zero-order chi connectivity index (χ0) is 14.2. The van der Waals surface area contributed by atoms with Crippen LogP contribution in [-0.2, 0) is 10.1 Å². The van der Waals surface area contributed by atoms with E-state index >= 15 is 0 Å². The van der Waals surface area contributed by atoms with E-state index in [9.17, 15) is 8.42 Å². The summed E-state index contributed by atoms with van der Waals surface area (Å²) < 4.78 is 29.2. The van der Waals surface area contributed by atoms with Crippen molar-refractivity contribution in [3.63, 3.8) is 0 Å². The largest absolute Gasteiger partial charge is 0.342 e. The van der Waals surface area contributed by atoms with E-state index in [1.165, 1.54) is 12.1 Å². The van der Waals surface area contributed by atoms with Gasteiger partial charge in [-0.1, -0.05) is 30.3 Å². The summed E-state index contributed by atoms with van der Waals surface area (Å²) in [5.41, 5.74) is 2.39. The van der Waals surface area contributed by atoms with Crippen molar-refractivity contribution in [2.24, 2.45) is 0 Å². The normalized spacial score (nSPS) is 11.7. The number of nitrogens with zero attached hydrogens (tertiary/aromatic N) is 1. The van der Waals surface area contributed by atoms with E-state index in [0.29, 0.717) is 5.52 Å². The van der Waals surface area contributed by atoms with E-state index in [2.05, 4.69) is 9.97 Å². The van der Waals surface area contributed by atoms with E-state index in [1.54, 1.807) is 18.2 Å². The predicted molar refractivity (Wildman–Crippen MR) is 75.1 cm³/mol. The zero-order valence-electron chi connectivity index (χ0n) is 10.7. The van der Waals surface area contributed by atoms with Crippen molar-refractivity contribution >= 4 is 21.2 Å². The van der Waals surface area contributed by atoms with Crippen LogP contribution in [0.1, 0.15) is 5.56 Å². The molecule has 102 valence electrons. The van der Waals surface area contributed by atoms with Gasteiger partial charge in [0.25, 0.3) is 0 Å². The Hall–Kier alpha value is -2.34. The maximum Gasteiger partial charge on any atom is 0.341 e. The minimum atomic E-state index is -3.87. The number of aromatic nitrogens is 2. The van der Waals surface area contributed by atoms with Gasteiger partial charge in [0.15, 0.2) is 0 Å². The first-order valence-electron chi connectivity index (χ1n) is 6.01. The molecule has 6 heteroatoms. The number of fused-ring (bicyclic) bond motifs is 1. The van der Waals surface area contributed by atoms with Crippen LogP contribution in [0, 0.1) is 6.92 Å². The fourth-order valence-corrected chi connectivity index (χ4v) is 2.81. The van der Waals surface area contributed by atoms with Crippen molar-refractivity contribution in [1.82, 2.24) is 9.97 Å². The first-order chi connectivity index (χ1) is 9.56. The lowest BCUT2D eigenvalue weighted by Gasteiger charge is -2.02. The highest BCUT2D eigenvalue weighted by molar-refractivity contribution is 7.87. The Labute approximate surface area is 116 Å². The van der Waals surface area contributed by atoms with Gasteiger partial charge in [-0.05, 0) is 30.7 Å². The average molecular weight is 288 g/mol. The number of hydrogen-bond acceptors (Lipinski definition) is 4. The monoisotopic (exact) mass is 288 g/mol. The number of aryl methyl sites for hydroxylation is 1. The summed E-state index contributed by atoms with van der Waals surface area (Å²) in [7, 11) is -3.87. The Kier molecular flexibility index (Phi) is 2.94. The molecule has 0 atom stereocenters. The van der Waals surface area contributed by atoms with Crippen LogP contribution in [0.3, 0.4) is 0 Å². The highest BCUT2D eigenvalue weighted by Gasteiger charge is 2.18. The molecule has 3 aromatic rings. The van der Waals surface area contributed by atoms with Gasteiger partial charge in [-0.3, -0.25) is 0 Å². The van der Waals surface area contributed by atoms with Gasteiger partial charge in [0.2, 0.25) is 0 Å². The Morgan fingerprint density at radius 3 is 2.50 bits per heavy atom. The zero-order valence-corrected chi connectivity index (χ0v) is 11.5. The third kappa shape index (κ3) is 2.25. The molecule has 0 spiro atoms. The van der Waals surface area contributed by atoms with Crippen LogP contribution in [0.15, 0.2) is 53.4 Å². The van der Waals surface area contributed by atoms with Crippen LogP contribution in [0.25, 0.3) is 11.0 Å². The molecule has 0 radical (unpaired) electrons. The SMILES string of the molecule is Cc1cccc2[nH]c(OS(=O)(=O)c3ccccc3)nc12. The third-order valence-corrected chi connectivity index (χ3v) is 4.14. The Balaban J connectivity index is 1.99. The molecule has 0 amide bonds. The van der Waals surface area contributed by atoms with Gasteiger partial charge >= 0.3 is 16.1 Å². The molecule has 0 saturated heterocycles. The van der Waals surface area contributed by atoms with E-state index < -0.39 is 10.1 Å². The molecule has 0 aliphatic carbocycles. The first-order valence-corrected chi connectivity index (χ1v) is 7.42. The van der Waals surface area contributed by atoms with Gasteiger partial charge in [0, 0.05) is 0 Å². The summed E-state index contributed by atoms with van der Waals surface area (Å²) in [5, 5.41) is 0. The van der Waals surface area contributed by atoms with E-state index in [-0.39, 0.29) is 10.9 Å². The van der Waals surface area contributed by atoms with Gasteiger partial charge in [-0.15, -0.1) is 0 Å². The minimum Gasteiger partial charge on any atom is -0.342 e. The van der Waals surface area contributed by atoms with Crippen molar-refractivity contribution in [2.45, 2.75) is 11.8 Å². The summed E-state index contributed by atoms with van der Waals surface area (Å²) in [6.45, 7) is 1.90. The fourth-order valence-electron chi connectivity index (χ4n) is 1.93. The van der Waals surface area contributed by atoms with Gasteiger partial charge < -0.3 is 9.17 Å². The molecule has 5 nitrogen and oxygen atoms in total. The quantitative estimate of drug-likeness (QED) is 0.752. The van der Waals surface area contributed by atoms with Gasteiger partial charge in [-0.2, -0.15) is 13.4 Å². The summed E-state index contributed by atoms with van der Waals surface area (Å²) in [4.78, 5) is 7.11. The molecule has 1 heterocycles. The van der Waals surface area contributed by atoms with E-state index in [1.807, 2.05) is 25.1 Å². The molecule has 0 fully saturated rings. The number of hydrogen-bond donors (Lipinski definition) is 1. The maximum atomic E-state index is 12.1. The summed E-state index contributed by atoms with van der Waals surface area (Å²) in [6.07, 6.45) is 0. The Morgan fingerprint density at radius 2 is 1.80 bits per heavy atom.